The summed E-state index contributed by atoms with van der Waals surface area (Å²) in [7, 11) is 1.53. The molecule has 0 saturated heterocycles. The van der Waals surface area contributed by atoms with E-state index in [0.29, 0.717) is 42.8 Å². The SMILES string of the molecule is COc1ccccc1OC(=O)CCCCCCn1c(=NC=O)c(C(N)=O)nc2cc(C)c(C)cc21. The monoisotopic (exact) mass is 478 g/mol. The molecule has 0 radical (unpaired) electrons. The van der Waals surface area contributed by atoms with E-state index in [1.54, 1.807) is 18.2 Å². The number of para-hydroxylation sites is 2. The van der Waals surface area contributed by atoms with E-state index in [0.717, 1.165) is 35.9 Å². The number of aryl methyl sites for hydroxylation is 3. The summed E-state index contributed by atoms with van der Waals surface area (Å²) in [5.74, 6) is -0.135. The lowest BCUT2D eigenvalue weighted by atomic mass is 10.1. The van der Waals surface area contributed by atoms with Gasteiger partial charge in [0.15, 0.2) is 22.7 Å². The molecule has 0 atom stereocenters. The Kier molecular flexibility index (Phi) is 8.72. The van der Waals surface area contributed by atoms with Gasteiger partial charge in [-0.1, -0.05) is 25.0 Å². The number of esters is 1. The van der Waals surface area contributed by atoms with Crippen LogP contribution in [0.15, 0.2) is 41.4 Å². The predicted molar refractivity (Wildman–Crippen MR) is 131 cm³/mol. The van der Waals surface area contributed by atoms with Gasteiger partial charge in [0.05, 0.1) is 18.1 Å². The Hall–Kier alpha value is -4.01. The third-order valence-electron chi connectivity index (χ3n) is 5.80. The number of amides is 2. The van der Waals surface area contributed by atoms with Gasteiger partial charge in [-0.2, -0.15) is 4.99 Å². The van der Waals surface area contributed by atoms with Crippen LogP contribution in [-0.4, -0.2) is 34.9 Å². The topological polar surface area (TPSA) is 126 Å². The molecule has 0 saturated carbocycles. The van der Waals surface area contributed by atoms with Crippen molar-refractivity contribution in [2.75, 3.05) is 7.11 Å². The van der Waals surface area contributed by atoms with Crippen LogP contribution in [0.2, 0.25) is 0 Å². The van der Waals surface area contributed by atoms with E-state index in [1.807, 2.05) is 36.6 Å². The molecule has 2 aromatic carbocycles. The van der Waals surface area contributed by atoms with Crippen LogP contribution in [0.3, 0.4) is 0 Å². The summed E-state index contributed by atoms with van der Waals surface area (Å²) in [4.78, 5) is 43.6. The second-order valence-corrected chi connectivity index (χ2v) is 8.25. The zero-order chi connectivity index (χ0) is 25.4. The van der Waals surface area contributed by atoms with Crippen molar-refractivity contribution in [3.8, 4) is 11.5 Å². The highest BCUT2D eigenvalue weighted by Gasteiger charge is 2.15. The predicted octanol–water partition coefficient (Wildman–Crippen LogP) is 3.37. The van der Waals surface area contributed by atoms with Gasteiger partial charge in [0.1, 0.15) is 0 Å². The summed E-state index contributed by atoms with van der Waals surface area (Å²) in [5, 5.41) is 0. The number of hydrogen-bond donors (Lipinski definition) is 1. The molecule has 0 aliphatic carbocycles. The fraction of sp³-hybridized carbons (Fsp3) is 0.346. The smallest absolute Gasteiger partial charge is 0.311 e. The fourth-order valence-electron chi connectivity index (χ4n) is 3.85. The van der Waals surface area contributed by atoms with Crippen LogP contribution >= 0.6 is 0 Å². The molecule has 3 rings (SSSR count). The number of carbonyl (C=O) groups is 3. The highest BCUT2D eigenvalue weighted by Crippen LogP contribution is 2.26. The van der Waals surface area contributed by atoms with E-state index in [9.17, 15) is 14.4 Å². The molecule has 35 heavy (non-hydrogen) atoms. The summed E-state index contributed by atoms with van der Waals surface area (Å²) >= 11 is 0. The lowest BCUT2D eigenvalue weighted by molar-refractivity contribution is -0.134. The average Bonchev–Trinajstić information content (AvgIpc) is 2.83. The number of rotatable bonds is 11. The van der Waals surface area contributed by atoms with Gasteiger partial charge in [0, 0.05) is 13.0 Å². The minimum absolute atomic E-state index is 0.0352. The molecule has 3 aromatic rings. The van der Waals surface area contributed by atoms with Crippen molar-refractivity contribution >= 4 is 29.3 Å². The Bertz CT molecular complexity index is 1310. The van der Waals surface area contributed by atoms with Crippen molar-refractivity contribution in [2.24, 2.45) is 10.7 Å². The number of benzene rings is 2. The molecule has 0 unspecified atom stereocenters. The fourth-order valence-corrected chi connectivity index (χ4v) is 3.85. The molecule has 2 N–H and O–H groups in total. The molecule has 0 spiro atoms. The number of ether oxygens (including phenoxy) is 2. The number of aromatic nitrogens is 2. The van der Waals surface area contributed by atoms with Gasteiger partial charge in [0.25, 0.3) is 5.91 Å². The second-order valence-electron chi connectivity index (χ2n) is 8.25. The van der Waals surface area contributed by atoms with Crippen molar-refractivity contribution in [3.05, 3.63) is 58.7 Å². The Morgan fingerprint density at radius 3 is 2.43 bits per heavy atom. The maximum atomic E-state index is 12.2. The van der Waals surface area contributed by atoms with Crippen molar-refractivity contribution in [1.82, 2.24) is 9.55 Å². The van der Waals surface area contributed by atoms with Gasteiger partial charge >= 0.3 is 5.97 Å². The number of nitrogens with zero attached hydrogens (tertiary/aromatic N) is 3. The van der Waals surface area contributed by atoms with Crippen LogP contribution in [-0.2, 0) is 16.1 Å². The van der Waals surface area contributed by atoms with Gasteiger partial charge in [-0.25, -0.2) is 4.98 Å². The van der Waals surface area contributed by atoms with E-state index in [1.165, 1.54) is 7.11 Å². The molecular weight excluding hydrogens is 448 g/mol. The highest BCUT2D eigenvalue weighted by molar-refractivity contribution is 5.92. The molecule has 0 fully saturated rings. The van der Waals surface area contributed by atoms with Crippen LogP contribution < -0.4 is 20.7 Å². The van der Waals surface area contributed by atoms with E-state index in [4.69, 9.17) is 15.2 Å². The highest BCUT2D eigenvalue weighted by atomic mass is 16.6. The number of methoxy groups -OCH3 is 1. The molecule has 9 heteroatoms. The van der Waals surface area contributed by atoms with Crippen LogP contribution in [0.4, 0.5) is 0 Å². The van der Waals surface area contributed by atoms with Crippen molar-refractivity contribution in [3.63, 3.8) is 0 Å². The molecule has 1 heterocycles. The minimum atomic E-state index is -0.743. The molecule has 184 valence electrons. The number of carbonyl (C=O) groups excluding carboxylic acids is 3. The minimum Gasteiger partial charge on any atom is -0.493 e. The summed E-state index contributed by atoms with van der Waals surface area (Å²) in [6.07, 6.45) is 3.74. The zero-order valence-corrected chi connectivity index (χ0v) is 20.2. The lowest BCUT2D eigenvalue weighted by Gasteiger charge is -2.15. The first-order valence-electron chi connectivity index (χ1n) is 11.5. The third-order valence-corrected chi connectivity index (χ3v) is 5.80. The maximum Gasteiger partial charge on any atom is 0.311 e. The van der Waals surface area contributed by atoms with Gasteiger partial charge in [0.2, 0.25) is 6.41 Å². The van der Waals surface area contributed by atoms with Crippen LogP contribution in [0, 0.1) is 13.8 Å². The second kappa shape index (κ2) is 11.9. The zero-order valence-electron chi connectivity index (χ0n) is 20.2. The lowest BCUT2D eigenvalue weighted by Crippen LogP contribution is -2.33. The van der Waals surface area contributed by atoms with E-state index >= 15 is 0 Å². The summed E-state index contributed by atoms with van der Waals surface area (Å²) in [6.45, 7) is 4.47. The van der Waals surface area contributed by atoms with Crippen molar-refractivity contribution in [1.29, 1.82) is 0 Å². The number of unbranched alkanes of at least 4 members (excludes halogenated alkanes) is 3. The van der Waals surface area contributed by atoms with Gasteiger partial charge in [-0.15, -0.1) is 0 Å². The first kappa shape index (κ1) is 25.6. The van der Waals surface area contributed by atoms with E-state index in [-0.39, 0.29) is 17.2 Å². The van der Waals surface area contributed by atoms with Gasteiger partial charge < -0.3 is 19.8 Å². The number of hydrogen-bond acceptors (Lipinski definition) is 6. The van der Waals surface area contributed by atoms with Crippen molar-refractivity contribution in [2.45, 2.75) is 52.5 Å². The van der Waals surface area contributed by atoms with Crippen LogP contribution in [0.1, 0.15) is 53.7 Å². The standard InChI is InChI=1S/C26H30N4O5/c1-17-14-19-20(15-18(17)2)30(26(28-16-31)24(29-19)25(27)33)13-9-5-4-6-12-23(32)35-22-11-8-7-10-21(22)34-3/h7-8,10-11,14-16H,4-6,9,12-13H2,1-3H3,(H2,27,33). The Labute approximate surface area is 203 Å². The normalized spacial score (nSPS) is 11.5. The third kappa shape index (κ3) is 6.32. The first-order chi connectivity index (χ1) is 16.8. The van der Waals surface area contributed by atoms with Crippen LogP contribution in [0.5, 0.6) is 11.5 Å². The number of nitrogens with two attached hydrogens (primary N) is 1. The molecule has 0 aliphatic heterocycles. The number of fused-ring (bicyclic) bond motifs is 1. The molecule has 0 aliphatic rings. The van der Waals surface area contributed by atoms with E-state index < -0.39 is 5.91 Å². The maximum absolute atomic E-state index is 12.2. The van der Waals surface area contributed by atoms with Gasteiger partial charge in [-0.05, 0) is 62.1 Å². The molecule has 0 bridgehead atoms. The van der Waals surface area contributed by atoms with E-state index in [2.05, 4.69) is 9.98 Å². The Morgan fingerprint density at radius 1 is 1.06 bits per heavy atom. The average molecular weight is 479 g/mol. The molecule has 9 nitrogen and oxygen atoms in total. The largest absolute Gasteiger partial charge is 0.493 e. The summed E-state index contributed by atoms with van der Waals surface area (Å²) in [5.41, 5.74) is 9.14. The Morgan fingerprint density at radius 2 is 1.74 bits per heavy atom. The number of primary amides is 1. The summed E-state index contributed by atoms with van der Waals surface area (Å²) < 4.78 is 12.4. The molecule has 2 amide bonds. The summed E-state index contributed by atoms with van der Waals surface area (Å²) in [6, 6.07) is 10.9. The molecule has 1 aromatic heterocycles. The first-order valence-corrected chi connectivity index (χ1v) is 11.5. The van der Waals surface area contributed by atoms with Crippen LogP contribution in [0.25, 0.3) is 11.0 Å². The Balaban J connectivity index is 1.65. The van der Waals surface area contributed by atoms with Gasteiger partial charge in [-0.3, -0.25) is 14.4 Å². The molecular formula is C26H30N4O5. The quantitative estimate of drug-likeness (QED) is 0.195. The van der Waals surface area contributed by atoms with Crippen molar-refractivity contribution < 1.29 is 23.9 Å².